The second-order valence-electron chi connectivity index (χ2n) is 17.9. The molecular weight excluding hydrogens is 643 g/mol. The van der Waals surface area contributed by atoms with Crippen molar-refractivity contribution in [3.63, 3.8) is 0 Å². The molecule has 302 valence electrons. The summed E-state index contributed by atoms with van der Waals surface area (Å²) in [5.41, 5.74) is 0. The van der Waals surface area contributed by atoms with Crippen molar-refractivity contribution in [2.45, 2.75) is 204 Å². The van der Waals surface area contributed by atoms with E-state index < -0.39 is 13.9 Å². The summed E-state index contributed by atoms with van der Waals surface area (Å²) >= 11 is 0. The smallest absolute Gasteiger partial charge is 0.379 e. The third-order valence-corrected chi connectivity index (χ3v) is 11.5. The molecule has 6 nitrogen and oxygen atoms in total. The van der Waals surface area contributed by atoms with Gasteiger partial charge in [-0.2, -0.15) is 0 Å². The summed E-state index contributed by atoms with van der Waals surface area (Å²) in [6.45, 7) is 24.9. The van der Waals surface area contributed by atoms with Crippen LogP contribution in [0.1, 0.15) is 198 Å². The van der Waals surface area contributed by atoms with Gasteiger partial charge in [-0.05, 0) is 60.2 Å². The van der Waals surface area contributed by atoms with Crippen molar-refractivity contribution in [2.24, 2.45) is 47.3 Å². The number of hydrogen-bond donors (Lipinski definition) is 2. The average molecular weight is 733 g/mol. The fraction of sp³-hybridized carbons (Fsp3) is 1.00. The molecule has 50 heavy (non-hydrogen) atoms. The summed E-state index contributed by atoms with van der Waals surface area (Å²) in [6, 6.07) is 0. The van der Waals surface area contributed by atoms with Crippen molar-refractivity contribution in [1.82, 2.24) is 0 Å². The first kappa shape index (κ1) is 50.0. The van der Waals surface area contributed by atoms with Crippen LogP contribution in [0.25, 0.3) is 0 Å². The highest BCUT2D eigenvalue weighted by Gasteiger charge is 2.20. The van der Waals surface area contributed by atoms with E-state index in [-0.39, 0.29) is 6.61 Å². The molecule has 0 aliphatic rings. The highest BCUT2D eigenvalue weighted by atomic mass is 31.2. The molecule has 0 aromatic carbocycles. The lowest BCUT2D eigenvalue weighted by atomic mass is 9.91. The van der Waals surface area contributed by atoms with E-state index in [0.717, 1.165) is 48.3 Å². The number of rotatable bonds is 36. The average Bonchev–Trinajstić information content (AvgIpc) is 3.00. The molecule has 0 heterocycles. The van der Waals surface area contributed by atoms with Gasteiger partial charge in [0.05, 0.1) is 13.2 Å². The monoisotopic (exact) mass is 733 g/mol. The summed E-state index contributed by atoms with van der Waals surface area (Å²) in [5, 5.41) is 0. The Labute approximate surface area is 313 Å². The van der Waals surface area contributed by atoms with Gasteiger partial charge in [0.1, 0.15) is 6.10 Å². The number of phosphoric ester groups is 1. The van der Waals surface area contributed by atoms with Gasteiger partial charge in [0, 0.05) is 13.2 Å². The maximum Gasteiger partial charge on any atom is 0.469 e. The highest BCUT2D eigenvalue weighted by Crippen LogP contribution is 2.36. The molecule has 0 aromatic heterocycles. The third-order valence-electron chi connectivity index (χ3n) is 11.0. The maximum atomic E-state index is 11.3. The first-order chi connectivity index (χ1) is 23.6. The first-order valence-electron chi connectivity index (χ1n) is 21.5. The Morgan fingerprint density at radius 1 is 0.420 bits per heavy atom. The molecule has 0 saturated carbocycles. The van der Waals surface area contributed by atoms with Crippen molar-refractivity contribution in [1.29, 1.82) is 0 Å². The first-order valence-corrected chi connectivity index (χ1v) is 23.0. The van der Waals surface area contributed by atoms with Crippen LogP contribution in [0.2, 0.25) is 0 Å². The van der Waals surface area contributed by atoms with Gasteiger partial charge in [-0.25, -0.2) is 4.57 Å². The minimum Gasteiger partial charge on any atom is -0.379 e. The molecule has 0 aromatic rings. The molecule has 2 N–H and O–H groups in total. The zero-order valence-electron chi connectivity index (χ0n) is 35.1. The van der Waals surface area contributed by atoms with E-state index in [0.29, 0.717) is 31.7 Å². The van der Waals surface area contributed by atoms with E-state index in [1.807, 2.05) is 0 Å². The van der Waals surface area contributed by atoms with Gasteiger partial charge in [-0.1, -0.05) is 185 Å². The summed E-state index contributed by atoms with van der Waals surface area (Å²) in [5.74, 6) is 6.10. The van der Waals surface area contributed by atoms with Crippen LogP contribution in [-0.4, -0.2) is 42.3 Å². The number of hydrogen-bond acceptors (Lipinski definition) is 4. The van der Waals surface area contributed by atoms with E-state index >= 15 is 0 Å². The van der Waals surface area contributed by atoms with Gasteiger partial charge in [0.15, 0.2) is 0 Å². The van der Waals surface area contributed by atoms with Crippen LogP contribution < -0.4 is 0 Å². The lowest BCUT2D eigenvalue weighted by molar-refractivity contribution is -0.0462. The molecule has 0 radical (unpaired) electrons. The van der Waals surface area contributed by atoms with Crippen LogP contribution in [0.15, 0.2) is 0 Å². The second kappa shape index (κ2) is 31.4. The summed E-state index contributed by atoms with van der Waals surface area (Å²) in [6.07, 6.45) is 25.3. The van der Waals surface area contributed by atoms with E-state index in [4.69, 9.17) is 14.0 Å². The van der Waals surface area contributed by atoms with Crippen LogP contribution >= 0.6 is 7.82 Å². The molecule has 0 unspecified atom stereocenters. The number of phosphoric acid groups is 1. The summed E-state index contributed by atoms with van der Waals surface area (Å²) in [7, 11) is -4.55. The van der Waals surface area contributed by atoms with Gasteiger partial charge in [0.2, 0.25) is 0 Å². The Kier molecular flexibility index (Phi) is 31.4. The minimum atomic E-state index is -4.55. The van der Waals surface area contributed by atoms with Crippen LogP contribution in [0.4, 0.5) is 0 Å². The van der Waals surface area contributed by atoms with E-state index in [9.17, 15) is 14.4 Å². The van der Waals surface area contributed by atoms with Gasteiger partial charge in [-0.15, -0.1) is 0 Å². The SMILES string of the molecule is CC(C)CCC[C@@H](C)CCC[C@H](C)CCC[C@@H](C)CCO[C@@H](COCC[C@@H](C)CCC[C@H](C)CCC[C@@H](C)CCCC(C)C)COP(=O)(O)O. The van der Waals surface area contributed by atoms with Crippen molar-refractivity contribution >= 4 is 7.82 Å². The molecule has 0 bridgehead atoms. The van der Waals surface area contributed by atoms with Crippen LogP contribution in [0, 0.1) is 47.3 Å². The Hall–Kier alpha value is 0.0300. The molecule has 0 fully saturated rings. The zero-order chi connectivity index (χ0) is 37.8. The topological polar surface area (TPSA) is 85.2 Å². The van der Waals surface area contributed by atoms with Crippen molar-refractivity contribution in [3.05, 3.63) is 0 Å². The maximum absolute atomic E-state index is 11.3. The normalized spacial score (nSPS) is 16.8. The Morgan fingerprint density at radius 3 is 1.04 bits per heavy atom. The fourth-order valence-electron chi connectivity index (χ4n) is 7.13. The van der Waals surface area contributed by atoms with Gasteiger partial charge >= 0.3 is 7.82 Å². The van der Waals surface area contributed by atoms with Gasteiger partial charge in [-0.3, -0.25) is 4.52 Å². The van der Waals surface area contributed by atoms with Crippen molar-refractivity contribution < 1.29 is 28.3 Å². The van der Waals surface area contributed by atoms with E-state index in [2.05, 4.69) is 69.2 Å². The van der Waals surface area contributed by atoms with Crippen LogP contribution in [-0.2, 0) is 18.6 Å². The quantitative estimate of drug-likeness (QED) is 0.0493. The summed E-state index contributed by atoms with van der Waals surface area (Å²) in [4.78, 5) is 18.5. The minimum absolute atomic E-state index is 0.156. The highest BCUT2D eigenvalue weighted by molar-refractivity contribution is 7.46. The van der Waals surface area contributed by atoms with Crippen LogP contribution in [0.3, 0.4) is 0 Å². The molecule has 0 aliphatic heterocycles. The van der Waals surface area contributed by atoms with Crippen LogP contribution in [0.5, 0.6) is 0 Å². The van der Waals surface area contributed by atoms with Gasteiger partial charge in [0.25, 0.3) is 0 Å². The lowest BCUT2D eigenvalue weighted by Crippen LogP contribution is -2.26. The molecule has 0 spiro atoms. The predicted octanol–water partition coefficient (Wildman–Crippen LogP) is 13.4. The third kappa shape index (κ3) is 35.1. The second-order valence-corrected chi connectivity index (χ2v) is 19.2. The molecule has 0 rings (SSSR count). The molecule has 0 aliphatic carbocycles. The lowest BCUT2D eigenvalue weighted by Gasteiger charge is -2.21. The largest absolute Gasteiger partial charge is 0.469 e. The van der Waals surface area contributed by atoms with E-state index in [1.54, 1.807) is 0 Å². The summed E-state index contributed by atoms with van der Waals surface area (Å²) < 4.78 is 28.1. The standard InChI is InChI=1S/C43H89O6P/c1-35(2)17-11-19-37(5)21-13-23-39(7)25-15-27-41(9)29-31-47-33-43(34-49-50(44,45)46)48-32-30-42(10)28-16-26-40(8)24-14-22-38(6)20-12-18-36(3)4/h35-43H,11-34H2,1-10H3,(H2,44,45,46)/t37-,38+,39+,40-,41-,42+,43-/m0/s1. The van der Waals surface area contributed by atoms with E-state index in [1.165, 1.54) is 116 Å². The molecular formula is C43H89O6P. The fourth-order valence-corrected chi connectivity index (χ4v) is 7.49. The number of ether oxygens (including phenoxy) is 2. The van der Waals surface area contributed by atoms with Gasteiger partial charge < -0.3 is 19.3 Å². The Balaban J connectivity index is 4.15. The molecule has 7 heteroatoms. The molecule has 0 saturated heterocycles. The van der Waals surface area contributed by atoms with Crippen molar-refractivity contribution in [2.75, 3.05) is 26.4 Å². The Bertz CT molecular complexity index is 785. The molecule has 0 amide bonds. The van der Waals surface area contributed by atoms with Crippen molar-refractivity contribution in [3.8, 4) is 0 Å². The zero-order valence-corrected chi connectivity index (χ0v) is 36.0. The Morgan fingerprint density at radius 2 is 0.720 bits per heavy atom. The molecule has 7 atom stereocenters. The predicted molar refractivity (Wildman–Crippen MR) is 216 cm³/mol.